The second-order valence-electron chi connectivity index (χ2n) is 5.99. The first-order valence-electron chi connectivity index (χ1n) is 7.74. The standard InChI is InChI=1S/C17H26N2O/c1-4-12(2)10-13(3)19-17(20)16-7-5-6-14-11-18-9-8-15(14)16/h5-7,12-13,18H,4,8-11H2,1-3H3,(H,19,20). The van der Waals surface area contributed by atoms with Gasteiger partial charge in [0.1, 0.15) is 0 Å². The molecular formula is C17H26N2O. The van der Waals surface area contributed by atoms with Crippen molar-refractivity contribution in [1.29, 1.82) is 0 Å². The zero-order valence-corrected chi connectivity index (χ0v) is 12.8. The van der Waals surface area contributed by atoms with Gasteiger partial charge in [-0.05, 0) is 49.4 Å². The zero-order valence-electron chi connectivity index (χ0n) is 12.8. The maximum absolute atomic E-state index is 12.5. The molecule has 0 aliphatic carbocycles. The third kappa shape index (κ3) is 3.60. The van der Waals surface area contributed by atoms with E-state index < -0.39 is 0 Å². The fraction of sp³-hybridized carbons (Fsp3) is 0.588. The number of carbonyl (C=O) groups excluding carboxylic acids is 1. The van der Waals surface area contributed by atoms with Crippen molar-refractivity contribution in [2.45, 2.75) is 52.6 Å². The Labute approximate surface area is 122 Å². The highest BCUT2D eigenvalue weighted by Crippen LogP contribution is 2.19. The van der Waals surface area contributed by atoms with Gasteiger partial charge in [0, 0.05) is 18.2 Å². The lowest BCUT2D eigenvalue weighted by Crippen LogP contribution is -2.35. The monoisotopic (exact) mass is 274 g/mol. The highest BCUT2D eigenvalue weighted by molar-refractivity contribution is 5.96. The summed E-state index contributed by atoms with van der Waals surface area (Å²) < 4.78 is 0. The van der Waals surface area contributed by atoms with E-state index in [9.17, 15) is 4.79 Å². The molecule has 0 aromatic heterocycles. The van der Waals surface area contributed by atoms with Crippen LogP contribution in [0.3, 0.4) is 0 Å². The fourth-order valence-corrected chi connectivity index (χ4v) is 2.88. The van der Waals surface area contributed by atoms with E-state index >= 15 is 0 Å². The van der Waals surface area contributed by atoms with Crippen LogP contribution >= 0.6 is 0 Å². The lowest BCUT2D eigenvalue weighted by atomic mass is 9.94. The number of hydrogen-bond donors (Lipinski definition) is 2. The summed E-state index contributed by atoms with van der Waals surface area (Å²) in [6.07, 6.45) is 3.14. The molecule has 2 atom stereocenters. The summed E-state index contributed by atoms with van der Waals surface area (Å²) in [5, 5.41) is 6.50. The van der Waals surface area contributed by atoms with Crippen molar-refractivity contribution in [2.24, 2.45) is 5.92 Å². The Morgan fingerprint density at radius 3 is 2.95 bits per heavy atom. The van der Waals surface area contributed by atoms with Gasteiger partial charge < -0.3 is 10.6 Å². The van der Waals surface area contributed by atoms with Crippen LogP contribution in [0, 0.1) is 5.92 Å². The van der Waals surface area contributed by atoms with Crippen LogP contribution in [-0.2, 0) is 13.0 Å². The Morgan fingerprint density at radius 2 is 2.20 bits per heavy atom. The Hall–Kier alpha value is -1.35. The molecule has 1 heterocycles. The van der Waals surface area contributed by atoms with Gasteiger partial charge in [-0.15, -0.1) is 0 Å². The van der Waals surface area contributed by atoms with Gasteiger partial charge in [-0.2, -0.15) is 0 Å². The second-order valence-corrected chi connectivity index (χ2v) is 5.99. The molecule has 110 valence electrons. The summed E-state index contributed by atoms with van der Waals surface area (Å²) >= 11 is 0. The summed E-state index contributed by atoms with van der Waals surface area (Å²) in [4.78, 5) is 12.5. The predicted molar refractivity (Wildman–Crippen MR) is 82.9 cm³/mol. The maximum atomic E-state index is 12.5. The Balaban J connectivity index is 2.06. The SMILES string of the molecule is CCC(C)CC(C)NC(=O)c1cccc2c1CCNC2. The minimum Gasteiger partial charge on any atom is -0.350 e. The van der Waals surface area contributed by atoms with E-state index in [2.05, 4.69) is 37.5 Å². The molecule has 1 aromatic rings. The first kappa shape index (κ1) is 15.0. The quantitative estimate of drug-likeness (QED) is 0.867. The van der Waals surface area contributed by atoms with Crippen LogP contribution in [0.25, 0.3) is 0 Å². The third-order valence-electron chi connectivity index (χ3n) is 4.22. The van der Waals surface area contributed by atoms with Crippen molar-refractivity contribution < 1.29 is 4.79 Å². The van der Waals surface area contributed by atoms with E-state index in [0.717, 1.165) is 37.9 Å². The van der Waals surface area contributed by atoms with E-state index in [-0.39, 0.29) is 11.9 Å². The smallest absolute Gasteiger partial charge is 0.251 e. The molecule has 0 saturated carbocycles. The average Bonchev–Trinajstić information content (AvgIpc) is 2.46. The molecular weight excluding hydrogens is 248 g/mol. The molecule has 1 aromatic carbocycles. The van der Waals surface area contributed by atoms with Crippen LogP contribution in [-0.4, -0.2) is 18.5 Å². The largest absolute Gasteiger partial charge is 0.350 e. The van der Waals surface area contributed by atoms with Gasteiger partial charge in [0.15, 0.2) is 0 Å². The molecule has 0 saturated heterocycles. The lowest BCUT2D eigenvalue weighted by molar-refractivity contribution is 0.0934. The van der Waals surface area contributed by atoms with Crippen molar-refractivity contribution in [3.8, 4) is 0 Å². The Morgan fingerprint density at radius 1 is 1.40 bits per heavy atom. The van der Waals surface area contributed by atoms with Crippen molar-refractivity contribution in [1.82, 2.24) is 10.6 Å². The highest BCUT2D eigenvalue weighted by atomic mass is 16.1. The van der Waals surface area contributed by atoms with Crippen molar-refractivity contribution >= 4 is 5.91 Å². The van der Waals surface area contributed by atoms with Crippen LogP contribution in [0.4, 0.5) is 0 Å². The number of rotatable bonds is 5. The summed E-state index contributed by atoms with van der Waals surface area (Å²) in [6.45, 7) is 8.36. The van der Waals surface area contributed by atoms with E-state index in [1.165, 1.54) is 11.1 Å². The van der Waals surface area contributed by atoms with Gasteiger partial charge in [0.25, 0.3) is 5.91 Å². The number of carbonyl (C=O) groups is 1. The van der Waals surface area contributed by atoms with Crippen molar-refractivity contribution in [3.05, 3.63) is 34.9 Å². The summed E-state index contributed by atoms with van der Waals surface area (Å²) in [6, 6.07) is 6.28. The second kappa shape index (κ2) is 6.89. The number of nitrogens with one attached hydrogen (secondary N) is 2. The van der Waals surface area contributed by atoms with E-state index in [4.69, 9.17) is 0 Å². The normalized spacial score (nSPS) is 17.1. The van der Waals surface area contributed by atoms with Crippen LogP contribution in [0.5, 0.6) is 0 Å². The van der Waals surface area contributed by atoms with Gasteiger partial charge in [-0.1, -0.05) is 32.4 Å². The third-order valence-corrected chi connectivity index (χ3v) is 4.22. The van der Waals surface area contributed by atoms with Crippen LogP contribution in [0.1, 0.15) is 55.1 Å². The molecule has 0 radical (unpaired) electrons. The van der Waals surface area contributed by atoms with Crippen LogP contribution in [0.15, 0.2) is 18.2 Å². The Bertz CT molecular complexity index is 470. The van der Waals surface area contributed by atoms with Crippen LogP contribution in [0.2, 0.25) is 0 Å². The molecule has 0 fully saturated rings. The first-order valence-corrected chi connectivity index (χ1v) is 7.74. The van der Waals surface area contributed by atoms with E-state index in [1.807, 2.05) is 12.1 Å². The maximum Gasteiger partial charge on any atom is 0.251 e. The average molecular weight is 274 g/mol. The molecule has 1 aliphatic heterocycles. The van der Waals surface area contributed by atoms with Gasteiger partial charge >= 0.3 is 0 Å². The molecule has 1 aliphatic rings. The minimum absolute atomic E-state index is 0.0829. The molecule has 2 unspecified atom stereocenters. The number of fused-ring (bicyclic) bond motifs is 1. The Kier molecular flexibility index (Phi) is 5.18. The molecule has 20 heavy (non-hydrogen) atoms. The van der Waals surface area contributed by atoms with Crippen molar-refractivity contribution in [3.63, 3.8) is 0 Å². The van der Waals surface area contributed by atoms with E-state index in [1.54, 1.807) is 0 Å². The number of amides is 1. The fourth-order valence-electron chi connectivity index (χ4n) is 2.88. The lowest BCUT2D eigenvalue weighted by Gasteiger charge is -2.22. The molecule has 0 bridgehead atoms. The highest BCUT2D eigenvalue weighted by Gasteiger charge is 2.18. The number of benzene rings is 1. The molecule has 0 spiro atoms. The van der Waals surface area contributed by atoms with Gasteiger partial charge in [0.05, 0.1) is 0 Å². The van der Waals surface area contributed by atoms with Gasteiger partial charge in [-0.25, -0.2) is 0 Å². The van der Waals surface area contributed by atoms with Crippen LogP contribution < -0.4 is 10.6 Å². The zero-order chi connectivity index (χ0) is 14.5. The summed E-state index contributed by atoms with van der Waals surface area (Å²) in [5.74, 6) is 0.735. The van der Waals surface area contributed by atoms with E-state index in [0.29, 0.717) is 5.92 Å². The van der Waals surface area contributed by atoms with Crippen molar-refractivity contribution in [2.75, 3.05) is 6.54 Å². The topological polar surface area (TPSA) is 41.1 Å². The summed E-state index contributed by atoms with van der Waals surface area (Å²) in [7, 11) is 0. The number of hydrogen-bond acceptors (Lipinski definition) is 2. The molecule has 3 nitrogen and oxygen atoms in total. The minimum atomic E-state index is 0.0829. The summed E-state index contributed by atoms with van der Waals surface area (Å²) in [5.41, 5.74) is 3.35. The first-order chi connectivity index (χ1) is 9.61. The molecule has 2 rings (SSSR count). The molecule has 3 heteroatoms. The van der Waals surface area contributed by atoms with Gasteiger partial charge in [0.2, 0.25) is 0 Å². The molecule has 1 amide bonds. The predicted octanol–water partition coefficient (Wildman–Crippen LogP) is 2.89. The van der Waals surface area contributed by atoms with Gasteiger partial charge in [-0.3, -0.25) is 4.79 Å². The molecule has 2 N–H and O–H groups in total.